The van der Waals surface area contributed by atoms with Gasteiger partial charge in [-0.05, 0) is 37.1 Å². The van der Waals surface area contributed by atoms with Gasteiger partial charge in [-0.25, -0.2) is 8.78 Å². The third-order valence-electron chi connectivity index (χ3n) is 3.59. The van der Waals surface area contributed by atoms with E-state index < -0.39 is 23.0 Å². The lowest BCUT2D eigenvalue weighted by molar-refractivity contribution is 0.0905. The van der Waals surface area contributed by atoms with Crippen LogP contribution in [0.2, 0.25) is 0 Å². The zero-order valence-corrected chi connectivity index (χ0v) is 11.4. The standard InChI is InChI=1S/C16H15F2NO2/c17-13-4-1-5-14(18)16(13)15(20)10-19(11-6-7-11)9-12-3-2-8-21-12/h1-5,8,11H,6-7,9-10H2. The number of carbonyl (C=O) groups excluding carboxylic acids is 1. The molecule has 0 saturated heterocycles. The normalized spacial score (nSPS) is 14.6. The molecule has 21 heavy (non-hydrogen) atoms. The molecule has 0 radical (unpaired) electrons. The van der Waals surface area contributed by atoms with Gasteiger partial charge in [-0.2, -0.15) is 0 Å². The van der Waals surface area contributed by atoms with Crippen LogP contribution in [0.5, 0.6) is 0 Å². The van der Waals surface area contributed by atoms with Crippen molar-refractivity contribution < 1.29 is 18.0 Å². The maximum Gasteiger partial charge on any atom is 0.182 e. The van der Waals surface area contributed by atoms with E-state index in [1.165, 1.54) is 6.07 Å². The molecular formula is C16H15F2NO2. The second-order valence-corrected chi connectivity index (χ2v) is 5.24. The highest BCUT2D eigenvalue weighted by atomic mass is 19.1. The number of benzene rings is 1. The maximum atomic E-state index is 13.6. The van der Waals surface area contributed by atoms with Gasteiger partial charge < -0.3 is 4.42 Å². The van der Waals surface area contributed by atoms with Crippen molar-refractivity contribution in [3.05, 3.63) is 59.6 Å². The summed E-state index contributed by atoms with van der Waals surface area (Å²) in [5, 5.41) is 0. The summed E-state index contributed by atoms with van der Waals surface area (Å²) in [7, 11) is 0. The van der Waals surface area contributed by atoms with Gasteiger partial charge in [0.15, 0.2) is 5.78 Å². The van der Waals surface area contributed by atoms with Crippen LogP contribution in [0.1, 0.15) is 29.0 Å². The van der Waals surface area contributed by atoms with E-state index in [-0.39, 0.29) is 12.6 Å². The fourth-order valence-corrected chi connectivity index (χ4v) is 2.38. The Hall–Kier alpha value is -2.01. The van der Waals surface area contributed by atoms with Crippen LogP contribution < -0.4 is 0 Å². The SMILES string of the molecule is O=C(CN(Cc1ccco1)C1CC1)c1c(F)cccc1F. The molecule has 1 aromatic carbocycles. The topological polar surface area (TPSA) is 33.5 Å². The molecular weight excluding hydrogens is 276 g/mol. The van der Waals surface area contributed by atoms with Gasteiger partial charge in [-0.1, -0.05) is 6.07 Å². The highest BCUT2D eigenvalue weighted by Gasteiger charge is 2.32. The number of carbonyl (C=O) groups is 1. The first-order valence-corrected chi connectivity index (χ1v) is 6.89. The Kier molecular flexibility index (Phi) is 3.84. The fraction of sp³-hybridized carbons (Fsp3) is 0.312. The highest BCUT2D eigenvalue weighted by Crippen LogP contribution is 2.29. The number of ketones is 1. The van der Waals surface area contributed by atoms with Gasteiger partial charge in [0.05, 0.1) is 24.9 Å². The molecule has 0 bridgehead atoms. The van der Waals surface area contributed by atoms with Gasteiger partial charge in [0.25, 0.3) is 0 Å². The van der Waals surface area contributed by atoms with Crippen LogP contribution in [0.4, 0.5) is 8.78 Å². The first-order chi connectivity index (χ1) is 10.1. The van der Waals surface area contributed by atoms with Crippen molar-refractivity contribution in [2.75, 3.05) is 6.54 Å². The lowest BCUT2D eigenvalue weighted by Crippen LogP contribution is -2.32. The molecule has 1 fully saturated rings. The smallest absolute Gasteiger partial charge is 0.182 e. The largest absolute Gasteiger partial charge is 0.468 e. The van der Waals surface area contributed by atoms with Crippen molar-refractivity contribution in [2.24, 2.45) is 0 Å². The predicted molar refractivity (Wildman–Crippen MR) is 72.8 cm³/mol. The molecule has 3 nitrogen and oxygen atoms in total. The van der Waals surface area contributed by atoms with Crippen LogP contribution in [0.3, 0.4) is 0 Å². The third kappa shape index (κ3) is 3.19. The van der Waals surface area contributed by atoms with E-state index in [2.05, 4.69) is 0 Å². The first-order valence-electron chi connectivity index (χ1n) is 6.89. The average Bonchev–Trinajstić information content (AvgIpc) is 3.16. The lowest BCUT2D eigenvalue weighted by atomic mass is 10.1. The molecule has 2 aromatic rings. The van der Waals surface area contributed by atoms with E-state index in [1.54, 1.807) is 12.3 Å². The summed E-state index contributed by atoms with van der Waals surface area (Å²) in [4.78, 5) is 14.1. The minimum atomic E-state index is -0.811. The molecule has 1 aromatic heterocycles. The van der Waals surface area contributed by atoms with E-state index in [0.717, 1.165) is 30.7 Å². The van der Waals surface area contributed by atoms with Crippen molar-refractivity contribution in [1.82, 2.24) is 4.90 Å². The molecule has 0 unspecified atom stereocenters. The fourth-order valence-electron chi connectivity index (χ4n) is 2.38. The molecule has 1 saturated carbocycles. The summed E-state index contributed by atoms with van der Waals surface area (Å²) in [6.07, 6.45) is 3.56. The van der Waals surface area contributed by atoms with E-state index >= 15 is 0 Å². The molecule has 110 valence electrons. The zero-order chi connectivity index (χ0) is 14.8. The van der Waals surface area contributed by atoms with E-state index in [0.29, 0.717) is 6.54 Å². The number of hydrogen-bond acceptors (Lipinski definition) is 3. The molecule has 1 heterocycles. The van der Waals surface area contributed by atoms with Gasteiger partial charge in [0, 0.05) is 6.04 Å². The Morgan fingerprint density at radius 3 is 2.48 bits per heavy atom. The Bertz CT molecular complexity index is 615. The first kappa shape index (κ1) is 13.9. The summed E-state index contributed by atoms with van der Waals surface area (Å²) in [6.45, 7) is 0.461. The predicted octanol–water partition coefficient (Wildman–Crippen LogP) is 3.41. The molecule has 5 heteroatoms. The van der Waals surface area contributed by atoms with Gasteiger partial charge in [0.2, 0.25) is 0 Å². The highest BCUT2D eigenvalue weighted by molar-refractivity contribution is 5.98. The second kappa shape index (κ2) is 5.77. The second-order valence-electron chi connectivity index (χ2n) is 5.24. The molecule has 1 aliphatic rings. The number of Topliss-reactive ketones (excluding diaryl/α,β-unsaturated/α-hetero) is 1. The average molecular weight is 291 g/mol. The minimum absolute atomic E-state index is 0.0107. The molecule has 0 spiro atoms. The molecule has 1 aliphatic carbocycles. The number of rotatable bonds is 6. The van der Waals surface area contributed by atoms with Gasteiger partial charge >= 0.3 is 0 Å². The van der Waals surface area contributed by atoms with Crippen molar-refractivity contribution in [1.29, 1.82) is 0 Å². The van der Waals surface area contributed by atoms with Crippen LogP contribution in [0.25, 0.3) is 0 Å². The van der Waals surface area contributed by atoms with Crippen molar-refractivity contribution in [2.45, 2.75) is 25.4 Å². The maximum absolute atomic E-state index is 13.6. The molecule has 0 N–H and O–H groups in total. The summed E-state index contributed by atoms with van der Waals surface area (Å²) in [6, 6.07) is 7.34. The van der Waals surface area contributed by atoms with Gasteiger partial charge in [-0.15, -0.1) is 0 Å². The Morgan fingerprint density at radius 1 is 1.19 bits per heavy atom. The monoisotopic (exact) mass is 291 g/mol. The van der Waals surface area contributed by atoms with Gasteiger partial charge in [-0.3, -0.25) is 9.69 Å². The molecule has 0 atom stereocenters. The number of hydrogen-bond donors (Lipinski definition) is 0. The van der Waals surface area contributed by atoms with Crippen LogP contribution in [0, 0.1) is 11.6 Å². The number of halogens is 2. The Morgan fingerprint density at radius 2 is 1.90 bits per heavy atom. The van der Waals surface area contributed by atoms with Crippen molar-refractivity contribution in [3.8, 4) is 0 Å². The number of nitrogens with zero attached hydrogens (tertiary/aromatic N) is 1. The summed E-state index contributed by atoms with van der Waals surface area (Å²) in [5.74, 6) is -1.42. The Labute approximate surface area is 121 Å². The van der Waals surface area contributed by atoms with Crippen LogP contribution >= 0.6 is 0 Å². The van der Waals surface area contributed by atoms with E-state index in [1.807, 2.05) is 11.0 Å². The van der Waals surface area contributed by atoms with Gasteiger partial charge in [0.1, 0.15) is 17.4 Å². The van der Waals surface area contributed by atoms with E-state index in [4.69, 9.17) is 4.42 Å². The third-order valence-corrected chi connectivity index (χ3v) is 3.59. The lowest BCUT2D eigenvalue weighted by Gasteiger charge is -2.20. The van der Waals surface area contributed by atoms with Crippen LogP contribution in [-0.2, 0) is 6.54 Å². The Balaban J connectivity index is 1.75. The minimum Gasteiger partial charge on any atom is -0.468 e. The summed E-state index contributed by atoms with van der Waals surface area (Å²) < 4.78 is 32.6. The van der Waals surface area contributed by atoms with Crippen LogP contribution in [0.15, 0.2) is 41.0 Å². The quantitative estimate of drug-likeness (QED) is 0.765. The molecule has 0 aliphatic heterocycles. The van der Waals surface area contributed by atoms with Crippen LogP contribution in [-0.4, -0.2) is 23.3 Å². The molecule has 3 rings (SSSR count). The van der Waals surface area contributed by atoms with Crippen molar-refractivity contribution >= 4 is 5.78 Å². The number of furan rings is 1. The summed E-state index contributed by atoms with van der Waals surface area (Å²) in [5.41, 5.74) is -0.456. The molecule has 0 amide bonds. The summed E-state index contributed by atoms with van der Waals surface area (Å²) >= 11 is 0. The van der Waals surface area contributed by atoms with Crippen molar-refractivity contribution in [3.63, 3.8) is 0 Å². The zero-order valence-electron chi connectivity index (χ0n) is 11.4. The van der Waals surface area contributed by atoms with E-state index in [9.17, 15) is 13.6 Å².